The SMILES string of the molecule is O=C(CNc1cccnc1)N1C[C@@H](Cc2ccncc2)[C@@H](O)C1. The molecule has 120 valence electrons. The number of hydrogen-bond donors (Lipinski definition) is 2. The molecule has 6 heteroatoms. The zero-order chi connectivity index (χ0) is 16.1. The summed E-state index contributed by atoms with van der Waals surface area (Å²) in [6.45, 7) is 1.18. The number of carbonyl (C=O) groups is 1. The van der Waals surface area contributed by atoms with Crippen molar-refractivity contribution >= 4 is 11.6 Å². The van der Waals surface area contributed by atoms with Gasteiger partial charge in [0.25, 0.3) is 0 Å². The van der Waals surface area contributed by atoms with E-state index in [0.29, 0.717) is 13.1 Å². The minimum absolute atomic E-state index is 0.00914. The van der Waals surface area contributed by atoms with Gasteiger partial charge in [0.05, 0.1) is 18.3 Å². The molecular formula is C17H20N4O2. The Hall–Kier alpha value is -2.47. The molecule has 1 aliphatic heterocycles. The average Bonchev–Trinajstić information content (AvgIpc) is 2.95. The van der Waals surface area contributed by atoms with Crippen molar-refractivity contribution in [1.29, 1.82) is 0 Å². The summed E-state index contributed by atoms with van der Waals surface area (Å²) < 4.78 is 0. The molecule has 1 saturated heterocycles. The van der Waals surface area contributed by atoms with E-state index in [1.54, 1.807) is 29.7 Å². The molecule has 0 radical (unpaired) electrons. The van der Waals surface area contributed by atoms with E-state index in [1.165, 1.54) is 0 Å². The lowest BCUT2D eigenvalue weighted by Crippen LogP contribution is -2.34. The fraction of sp³-hybridized carbons (Fsp3) is 0.353. The van der Waals surface area contributed by atoms with Gasteiger partial charge in [-0.25, -0.2) is 0 Å². The van der Waals surface area contributed by atoms with Gasteiger partial charge in [-0.3, -0.25) is 14.8 Å². The van der Waals surface area contributed by atoms with Crippen molar-refractivity contribution in [2.24, 2.45) is 5.92 Å². The van der Waals surface area contributed by atoms with Crippen molar-refractivity contribution in [3.8, 4) is 0 Å². The number of anilines is 1. The van der Waals surface area contributed by atoms with Crippen molar-refractivity contribution in [3.05, 3.63) is 54.6 Å². The zero-order valence-electron chi connectivity index (χ0n) is 12.8. The van der Waals surface area contributed by atoms with E-state index in [0.717, 1.165) is 17.7 Å². The molecule has 0 unspecified atom stereocenters. The number of likely N-dealkylation sites (tertiary alicyclic amines) is 1. The van der Waals surface area contributed by atoms with Gasteiger partial charge in [-0.1, -0.05) is 0 Å². The van der Waals surface area contributed by atoms with Gasteiger partial charge < -0.3 is 15.3 Å². The van der Waals surface area contributed by atoms with E-state index in [1.807, 2.05) is 24.3 Å². The Morgan fingerprint density at radius 2 is 2.04 bits per heavy atom. The highest BCUT2D eigenvalue weighted by molar-refractivity contribution is 5.81. The molecule has 0 spiro atoms. The summed E-state index contributed by atoms with van der Waals surface area (Å²) in [5.41, 5.74) is 1.95. The van der Waals surface area contributed by atoms with E-state index in [9.17, 15) is 9.90 Å². The standard InChI is InChI=1S/C17H20N4O2/c22-16-12-21(11-14(16)8-13-3-6-18-7-4-13)17(23)10-20-15-2-1-5-19-9-15/h1-7,9,14,16,20,22H,8,10-12H2/t14-,16+/m1/s1. The van der Waals surface area contributed by atoms with Crippen LogP contribution in [0.4, 0.5) is 5.69 Å². The maximum Gasteiger partial charge on any atom is 0.241 e. The zero-order valence-corrected chi connectivity index (χ0v) is 12.8. The van der Waals surface area contributed by atoms with Crippen LogP contribution >= 0.6 is 0 Å². The summed E-state index contributed by atoms with van der Waals surface area (Å²) in [5, 5.41) is 13.3. The molecule has 2 N–H and O–H groups in total. The largest absolute Gasteiger partial charge is 0.391 e. The number of nitrogens with zero attached hydrogens (tertiary/aromatic N) is 3. The lowest BCUT2D eigenvalue weighted by molar-refractivity contribution is -0.128. The molecule has 0 aliphatic carbocycles. The van der Waals surface area contributed by atoms with Crippen molar-refractivity contribution in [1.82, 2.24) is 14.9 Å². The Balaban J connectivity index is 1.52. The Labute approximate surface area is 135 Å². The van der Waals surface area contributed by atoms with E-state index >= 15 is 0 Å². The fourth-order valence-electron chi connectivity index (χ4n) is 2.84. The second kappa shape index (κ2) is 7.19. The minimum Gasteiger partial charge on any atom is -0.391 e. The van der Waals surface area contributed by atoms with Gasteiger partial charge in [0, 0.05) is 43.8 Å². The summed E-state index contributed by atoms with van der Waals surface area (Å²) in [5.74, 6) is 0.0601. The molecule has 3 rings (SSSR count). The van der Waals surface area contributed by atoms with Crippen LogP contribution in [0.3, 0.4) is 0 Å². The Kier molecular flexibility index (Phi) is 4.83. The Morgan fingerprint density at radius 3 is 2.78 bits per heavy atom. The molecule has 1 fully saturated rings. The fourth-order valence-corrected chi connectivity index (χ4v) is 2.84. The van der Waals surface area contributed by atoms with Crippen LogP contribution in [0.15, 0.2) is 49.1 Å². The number of aromatic nitrogens is 2. The topological polar surface area (TPSA) is 78.4 Å². The first-order valence-electron chi connectivity index (χ1n) is 7.71. The monoisotopic (exact) mass is 312 g/mol. The molecule has 2 aromatic rings. The Bertz CT molecular complexity index is 636. The highest BCUT2D eigenvalue weighted by Gasteiger charge is 2.33. The summed E-state index contributed by atoms with van der Waals surface area (Å²) in [6, 6.07) is 7.57. The summed E-state index contributed by atoms with van der Waals surface area (Å²) in [4.78, 5) is 22.0. The third kappa shape index (κ3) is 4.04. The van der Waals surface area contributed by atoms with Crippen LogP contribution in [0.25, 0.3) is 0 Å². The van der Waals surface area contributed by atoms with E-state index in [-0.39, 0.29) is 18.4 Å². The first kappa shape index (κ1) is 15.4. The molecule has 0 saturated carbocycles. The number of nitrogens with one attached hydrogen (secondary N) is 1. The van der Waals surface area contributed by atoms with Gasteiger partial charge in [0.15, 0.2) is 0 Å². The van der Waals surface area contributed by atoms with E-state index in [2.05, 4.69) is 15.3 Å². The minimum atomic E-state index is -0.481. The second-order valence-corrected chi connectivity index (χ2v) is 5.78. The molecular weight excluding hydrogens is 292 g/mol. The van der Waals surface area contributed by atoms with E-state index in [4.69, 9.17) is 0 Å². The predicted octanol–water partition coefficient (Wildman–Crippen LogP) is 0.950. The number of pyridine rings is 2. The number of aliphatic hydroxyl groups is 1. The molecule has 6 nitrogen and oxygen atoms in total. The van der Waals surface area contributed by atoms with Crippen LogP contribution in [0.2, 0.25) is 0 Å². The molecule has 2 aromatic heterocycles. The molecule has 0 aromatic carbocycles. The first-order chi connectivity index (χ1) is 11.2. The molecule has 1 amide bonds. The van der Waals surface area contributed by atoms with Gasteiger partial charge in [-0.15, -0.1) is 0 Å². The van der Waals surface area contributed by atoms with Crippen molar-refractivity contribution in [2.45, 2.75) is 12.5 Å². The van der Waals surface area contributed by atoms with Gasteiger partial charge in [-0.2, -0.15) is 0 Å². The average molecular weight is 312 g/mol. The first-order valence-corrected chi connectivity index (χ1v) is 7.71. The number of rotatable bonds is 5. The van der Waals surface area contributed by atoms with Crippen LogP contribution in [-0.2, 0) is 11.2 Å². The number of aliphatic hydroxyl groups excluding tert-OH is 1. The summed E-state index contributed by atoms with van der Waals surface area (Å²) in [6.07, 6.45) is 7.13. The molecule has 0 bridgehead atoms. The summed E-state index contributed by atoms with van der Waals surface area (Å²) >= 11 is 0. The van der Waals surface area contributed by atoms with Crippen LogP contribution in [0, 0.1) is 5.92 Å². The third-order valence-corrected chi connectivity index (χ3v) is 4.11. The number of amides is 1. The number of carbonyl (C=O) groups excluding carboxylic acids is 1. The lowest BCUT2D eigenvalue weighted by Gasteiger charge is -2.17. The second-order valence-electron chi connectivity index (χ2n) is 5.78. The van der Waals surface area contributed by atoms with Crippen molar-refractivity contribution in [2.75, 3.05) is 25.0 Å². The predicted molar refractivity (Wildman–Crippen MR) is 86.7 cm³/mol. The number of hydrogen-bond acceptors (Lipinski definition) is 5. The number of β-amino-alcohol motifs (C(OH)–C–C–N with tert-alkyl or cyclic N) is 1. The van der Waals surface area contributed by atoms with Gasteiger partial charge in [0.2, 0.25) is 5.91 Å². The molecule has 1 aliphatic rings. The van der Waals surface area contributed by atoms with Gasteiger partial charge in [0.1, 0.15) is 0 Å². The molecule has 3 heterocycles. The van der Waals surface area contributed by atoms with E-state index < -0.39 is 6.10 Å². The van der Waals surface area contributed by atoms with Crippen LogP contribution in [-0.4, -0.2) is 51.6 Å². The van der Waals surface area contributed by atoms with Crippen LogP contribution < -0.4 is 5.32 Å². The van der Waals surface area contributed by atoms with Crippen LogP contribution in [0.1, 0.15) is 5.56 Å². The smallest absolute Gasteiger partial charge is 0.241 e. The highest BCUT2D eigenvalue weighted by atomic mass is 16.3. The van der Waals surface area contributed by atoms with Crippen molar-refractivity contribution in [3.63, 3.8) is 0 Å². The maximum absolute atomic E-state index is 12.3. The van der Waals surface area contributed by atoms with Crippen molar-refractivity contribution < 1.29 is 9.90 Å². The maximum atomic E-state index is 12.3. The normalized spacial score (nSPS) is 20.5. The van der Waals surface area contributed by atoms with Gasteiger partial charge >= 0.3 is 0 Å². The third-order valence-electron chi connectivity index (χ3n) is 4.11. The highest BCUT2D eigenvalue weighted by Crippen LogP contribution is 2.21. The van der Waals surface area contributed by atoms with Gasteiger partial charge in [-0.05, 0) is 36.2 Å². The molecule has 2 atom stereocenters. The summed E-state index contributed by atoms with van der Waals surface area (Å²) in [7, 11) is 0. The Morgan fingerprint density at radius 1 is 1.22 bits per heavy atom. The lowest BCUT2D eigenvalue weighted by atomic mass is 9.97. The molecule has 23 heavy (non-hydrogen) atoms. The van der Waals surface area contributed by atoms with Crippen LogP contribution in [0.5, 0.6) is 0 Å². The quantitative estimate of drug-likeness (QED) is 0.859.